The Bertz CT molecular complexity index is 421. The predicted molar refractivity (Wildman–Crippen MR) is 71.0 cm³/mol. The van der Waals surface area contributed by atoms with Gasteiger partial charge in [-0.1, -0.05) is 6.92 Å². The van der Waals surface area contributed by atoms with Gasteiger partial charge in [0.2, 0.25) is 11.2 Å². The number of nitrogens with zero attached hydrogens (tertiary/aromatic N) is 3. The van der Waals surface area contributed by atoms with E-state index in [0.29, 0.717) is 11.4 Å². The molecule has 1 N–H and O–H groups in total. The lowest BCUT2D eigenvalue weighted by atomic mass is 10.0. The van der Waals surface area contributed by atoms with Crippen LogP contribution in [-0.4, -0.2) is 27.6 Å². The van der Waals surface area contributed by atoms with E-state index in [1.54, 1.807) is 0 Å². The maximum absolute atomic E-state index is 5.85. The Kier molecular flexibility index (Phi) is 3.90. The second-order valence-corrected chi connectivity index (χ2v) is 5.42. The molecule has 0 radical (unpaired) electrons. The van der Waals surface area contributed by atoms with Crippen LogP contribution in [0.15, 0.2) is 0 Å². The van der Waals surface area contributed by atoms with Crippen molar-refractivity contribution in [3.8, 4) is 6.01 Å². The molecule has 6 heteroatoms. The molecule has 0 spiro atoms. The Hall–Kier alpha value is -1.10. The first-order valence-corrected chi connectivity index (χ1v) is 6.73. The monoisotopic (exact) mass is 270 g/mol. The van der Waals surface area contributed by atoms with E-state index in [1.807, 2.05) is 13.8 Å². The smallest absolute Gasteiger partial charge is 0.322 e. The van der Waals surface area contributed by atoms with Crippen LogP contribution in [0.3, 0.4) is 0 Å². The van der Waals surface area contributed by atoms with E-state index in [2.05, 4.69) is 27.2 Å². The Morgan fingerprint density at radius 2 is 2.06 bits per heavy atom. The molecule has 0 aromatic carbocycles. The summed E-state index contributed by atoms with van der Waals surface area (Å²) in [5, 5.41) is 3.38. The summed E-state index contributed by atoms with van der Waals surface area (Å²) in [6, 6.07) is 0.272. The van der Waals surface area contributed by atoms with Crippen LogP contribution >= 0.6 is 11.6 Å². The fraction of sp³-hybridized carbons (Fsp3) is 0.750. The standard InChI is InChI=1S/C12H19ClN4O/c1-4-12(5-6-12)7-14-10-15-9(13)16-11(17-10)18-8(2)3/h8H,4-7H2,1-3H3,(H,14,15,16,17). The van der Waals surface area contributed by atoms with Crippen LogP contribution < -0.4 is 10.1 Å². The van der Waals surface area contributed by atoms with E-state index < -0.39 is 0 Å². The minimum atomic E-state index is 0.0155. The second kappa shape index (κ2) is 5.26. The van der Waals surface area contributed by atoms with E-state index in [0.717, 1.165) is 6.54 Å². The molecule has 0 amide bonds. The van der Waals surface area contributed by atoms with Crippen LogP contribution in [0.25, 0.3) is 0 Å². The molecule has 100 valence electrons. The summed E-state index contributed by atoms with van der Waals surface area (Å²) in [6.45, 7) is 6.93. The first-order chi connectivity index (χ1) is 8.53. The second-order valence-electron chi connectivity index (χ2n) is 5.08. The molecule has 0 saturated heterocycles. The fourth-order valence-electron chi connectivity index (χ4n) is 1.77. The van der Waals surface area contributed by atoms with Gasteiger partial charge in [0.05, 0.1) is 6.10 Å². The topological polar surface area (TPSA) is 59.9 Å². The average molecular weight is 271 g/mol. The van der Waals surface area contributed by atoms with Crippen LogP contribution in [0.4, 0.5) is 5.95 Å². The quantitative estimate of drug-likeness (QED) is 0.861. The summed E-state index contributed by atoms with van der Waals surface area (Å²) in [5.74, 6) is 0.491. The van der Waals surface area contributed by atoms with Crippen molar-refractivity contribution >= 4 is 17.5 Å². The van der Waals surface area contributed by atoms with E-state index in [-0.39, 0.29) is 17.4 Å². The molecule has 5 nitrogen and oxygen atoms in total. The highest BCUT2D eigenvalue weighted by Gasteiger charge is 2.40. The highest BCUT2D eigenvalue weighted by molar-refractivity contribution is 6.28. The van der Waals surface area contributed by atoms with Crippen molar-refractivity contribution in [2.45, 2.75) is 46.1 Å². The normalized spacial score (nSPS) is 16.7. The number of halogens is 1. The molecule has 0 aliphatic heterocycles. The number of hydrogen-bond acceptors (Lipinski definition) is 5. The van der Waals surface area contributed by atoms with Crippen molar-refractivity contribution in [3.63, 3.8) is 0 Å². The van der Waals surface area contributed by atoms with Crippen molar-refractivity contribution in [1.82, 2.24) is 15.0 Å². The Morgan fingerprint density at radius 3 is 2.61 bits per heavy atom. The molecule has 1 heterocycles. The molecule has 0 atom stereocenters. The lowest BCUT2D eigenvalue weighted by Gasteiger charge is -2.14. The highest BCUT2D eigenvalue weighted by Crippen LogP contribution is 2.48. The van der Waals surface area contributed by atoms with Crippen molar-refractivity contribution in [1.29, 1.82) is 0 Å². The third kappa shape index (κ3) is 3.45. The summed E-state index contributed by atoms with van der Waals surface area (Å²) < 4.78 is 5.42. The van der Waals surface area contributed by atoms with Gasteiger partial charge in [-0.15, -0.1) is 0 Å². The van der Waals surface area contributed by atoms with Crippen molar-refractivity contribution in [2.75, 3.05) is 11.9 Å². The third-order valence-corrected chi connectivity index (χ3v) is 3.43. The first-order valence-electron chi connectivity index (χ1n) is 6.35. The summed E-state index contributed by atoms with van der Waals surface area (Å²) in [5.41, 5.74) is 0.429. The zero-order valence-electron chi connectivity index (χ0n) is 11.0. The van der Waals surface area contributed by atoms with Crippen LogP contribution in [0.5, 0.6) is 6.01 Å². The number of nitrogens with one attached hydrogen (secondary N) is 1. The molecule has 18 heavy (non-hydrogen) atoms. The minimum absolute atomic E-state index is 0.0155. The number of hydrogen-bond donors (Lipinski definition) is 1. The number of anilines is 1. The van der Waals surface area contributed by atoms with Crippen LogP contribution in [-0.2, 0) is 0 Å². The average Bonchev–Trinajstić information content (AvgIpc) is 3.05. The largest absolute Gasteiger partial charge is 0.461 e. The lowest BCUT2D eigenvalue weighted by Crippen LogP contribution is -2.17. The van der Waals surface area contributed by atoms with E-state index in [1.165, 1.54) is 19.3 Å². The molecule has 1 aromatic rings. The SMILES string of the molecule is CCC1(CNc2nc(Cl)nc(OC(C)C)n2)CC1. The predicted octanol–water partition coefficient (Wildman–Crippen LogP) is 2.91. The van der Waals surface area contributed by atoms with Crippen molar-refractivity contribution in [3.05, 3.63) is 5.28 Å². The lowest BCUT2D eigenvalue weighted by molar-refractivity contribution is 0.222. The molecule has 1 aliphatic rings. The van der Waals surface area contributed by atoms with Crippen LogP contribution in [0.2, 0.25) is 5.28 Å². The molecule has 0 unspecified atom stereocenters. The fourth-order valence-corrected chi connectivity index (χ4v) is 1.93. The zero-order valence-corrected chi connectivity index (χ0v) is 11.8. The minimum Gasteiger partial charge on any atom is -0.461 e. The van der Waals surface area contributed by atoms with Gasteiger partial charge in [-0.2, -0.15) is 15.0 Å². The molecule has 1 saturated carbocycles. The summed E-state index contributed by atoms with van der Waals surface area (Å²) in [4.78, 5) is 12.2. The summed E-state index contributed by atoms with van der Waals surface area (Å²) >= 11 is 5.85. The Morgan fingerprint density at radius 1 is 1.33 bits per heavy atom. The molecule has 2 rings (SSSR count). The molecule has 0 bridgehead atoms. The summed E-state index contributed by atoms with van der Waals surface area (Å²) in [6.07, 6.45) is 3.73. The van der Waals surface area contributed by atoms with E-state index >= 15 is 0 Å². The van der Waals surface area contributed by atoms with Gasteiger partial charge in [0.15, 0.2) is 0 Å². The Balaban J connectivity index is 2.01. The van der Waals surface area contributed by atoms with Crippen molar-refractivity contribution < 1.29 is 4.74 Å². The molecular formula is C12H19ClN4O. The summed E-state index contributed by atoms with van der Waals surface area (Å²) in [7, 11) is 0. The number of rotatable bonds is 6. The zero-order chi connectivity index (χ0) is 13.2. The van der Waals surface area contributed by atoms with Gasteiger partial charge in [-0.25, -0.2) is 0 Å². The number of aromatic nitrogens is 3. The van der Waals surface area contributed by atoms with Gasteiger partial charge >= 0.3 is 6.01 Å². The van der Waals surface area contributed by atoms with Gasteiger partial charge in [0, 0.05) is 6.54 Å². The maximum atomic E-state index is 5.85. The van der Waals surface area contributed by atoms with Gasteiger partial charge in [-0.05, 0) is 50.1 Å². The van der Waals surface area contributed by atoms with Crippen molar-refractivity contribution in [2.24, 2.45) is 5.41 Å². The van der Waals surface area contributed by atoms with Gasteiger partial charge in [-0.3, -0.25) is 0 Å². The molecule has 1 fully saturated rings. The van der Waals surface area contributed by atoms with Gasteiger partial charge in [0.1, 0.15) is 0 Å². The van der Waals surface area contributed by atoms with Crippen LogP contribution in [0.1, 0.15) is 40.0 Å². The van der Waals surface area contributed by atoms with E-state index in [9.17, 15) is 0 Å². The molecular weight excluding hydrogens is 252 g/mol. The first kappa shape index (κ1) is 13.3. The van der Waals surface area contributed by atoms with Gasteiger partial charge < -0.3 is 10.1 Å². The molecule has 1 aliphatic carbocycles. The maximum Gasteiger partial charge on any atom is 0.322 e. The van der Waals surface area contributed by atoms with Crippen LogP contribution in [0, 0.1) is 5.41 Å². The third-order valence-electron chi connectivity index (χ3n) is 3.26. The Labute approximate surface area is 112 Å². The number of ether oxygens (including phenoxy) is 1. The highest BCUT2D eigenvalue weighted by atomic mass is 35.5. The van der Waals surface area contributed by atoms with Gasteiger partial charge in [0.25, 0.3) is 0 Å². The molecule has 1 aromatic heterocycles. The van der Waals surface area contributed by atoms with E-state index in [4.69, 9.17) is 16.3 Å².